The summed E-state index contributed by atoms with van der Waals surface area (Å²) in [6.45, 7) is 0.0414. The van der Waals surface area contributed by atoms with Crippen molar-refractivity contribution < 1.29 is 23.5 Å². The molecule has 0 bridgehead atoms. The minimum Gasteiger partial charge on any atom is -0.464 e. The molecule has 22 heavy (non-hydrogen) atoms. The van der Waals surface area contributed by atoms with Gasteiger partial charge >= 0.3 is 5.97 Å². The van der Waals surface area contributed by atoms with Crippen LogP contribution in [-0.4, -0.2) is 37.1 Å². The normalized spacial score (nSPS) is 23.7. The van der Waals surface area contributed by atoms with Gasteiger partial charge in [-0.2, -0.15) is 5.10 Å². The lowest BCUT2D eigenvalue weighted by Gasteiger charge is -2.21. The second-order valence-electron chi connectivity index (χ2n) is 5.06. The molecule has 3 rings (SSSR count). The molecule has 1 N–H and O–H groups in total. The highest BCUT2D eigenvalue weighted by Gasteiger charge is 2.59. The van der Waals surface area contributed by atoms with Gasteiger partial charge in [-0.25, -0.2) is 14.1 Å². The Bertz CT molecular complexity index is 701. The van der Waals surface area contributed by atoms with Gasteiger partial charge in [-0.3, -0.25) is 9.59 Å². The molecule has 0 radical (unpaired) electrons. The fraction of sp³-hybridized carbons (Fsp3) is 0.286. The van der Waals surface area contributed by atoms with Crippen molar-refractivity contribution in [2.24, 2.45) is 10.5 Å². The third-order valence-corrected chi connectivity index (χ3v) is 3.80. The molecule has 1 aromatic rings. The van der Waals surface area contributed by atoms with Crippen LogP contribution < -0.4 is 10.3 Å². The Morgan fingerprint density at radius 2 is 2.05 bits per heavy atom. The van der Waals surface area contributed by atoms with Gasteiger partial charge in [0.05, 0.1) is 19.3 Å². The Hall–Kier alpha value is -2.77. The van der Waals surface area contributed by atoms with Crippen molar-refractivity contribution in [3.05, 3.63) is 30.1 Å². The van der Waals surface area contributed by atoms with Gasteiger partial charge < -0.3 is 10.2 Å². The number of carbonyl (C=O) groups excluding carboxylic acids is 3. The molecule has 0 aliphatic carbocycles. The summed E-state index contributed by atoms with van der Waals surface area (Å²) in [4.78, 5) is 37.7. The fourth-order valence-corrected chi connectivity index (χ4v) is 2.70. The molecule has 1 spiro atoms. The highest BCUT2D eigenvalue weighted by Crippen LogP contribution is 2.39. The number of nitrogens with zero attached hydrogens (tertiary/aromatic N) is 2. The number of rotatable bonds is 2. The summed E-state index contributed by atoms with van der Waals surface area (Å²) in [5.41, 5.74) is 1.36. The topological polar surface area (TPSA) is 88.1 Å². The average molecular weight is 305 g/mol. The molecule has 114 valence electrons. The number of nitrogens with one attached hydrogen (secondary N) is 1. The van der Waals surface area contributed by atoms with E-state index in [9.17, 15) is 18.8 Å². The van der Waals surface area contributed by atoms with E-state index in [4.69, 9.17) is 0 Å². The molecule has 2 aliphatic rings. The number of halogens is 1. The monoisotopic (exact) mass is 305 g/mol. The van der Waals surface area contributed by atoms with Gasteiger partial charge in [-0.1, -0.05) is 0 Å². The van der Waals surface area contributed by atoms with Crippen LogP contribution in [-0.2, 0) is 19.1 Å². The number of esters is 1. The largest absolute Gasteiger partial charge is 0.464 e. The molecule has 2 aliphatic heterocycles. The van der Waals surface area contributed by atoms with Gasteiger partial charge in [-0.15, -0.1) is 0 Å². The van der Waals surface area contributed by atoms with Crippen LogP contribution in [0.5, 0.6) is 0 Å². The summed E-state index contributed by atoms with van der Waals surface area (Å²) in [5.74, 6) is -2.28. The highest BCUT2D eigenvalue weighted by molar-refractivity contribution is 6.47. The number of amides is 2. The van der Waals surface area contributed by atoms with E-state index in [-0.39, 0.29) is 24.4 Å². The lowest BCUT2D eigenvalue weighted by molar-refractivity contribution is -0.134. The number of anilines is 1. The highest BCUT2D eigenvalue weighted by atomic mass is 19.1. The summed E-state index contributed by atoms with van der Waals surface area (Å²) >= 11 is 0. The van der Waals surface area contributed by atoms with E-state index in [0.717, 1.165) is 17.0 Å². The van der Waals surface area contributed by atoms with Crippen LogP contribution in [0.3, 0.4) is 0 Å². The summed E-state index contributed by atoms with van der Waals surface area (Å²) in [6, 6.07) is 4.98. The molecule has 0 unspecified atom stereocenters. The molecule has 7 nitrogen and oxygen atoms in total. The zero-order valence-corrected chi connectivity index (χ0v) is 11.6. The summed E-state index contributed by atoms with van der Waals surface area (Å²) < 4.78 is 17.6. The molecule has 0 aromatic heterocycles. The number of methoxy groups -OCH3 is 1. The van der Waals surface area contributed by atoms with Crippen molar-refractivity contribution in [3.8, 4) is 0 Å². The van der Waals surface area contributed by atoms with Gasteiger partial charge in [0.1, 0.15) is 11.2 Å². The van der Waals surface area contributed by atoms with E-state index in [1.807, 2.05) is 0 Å². The Morgan fingerprint density at radius 1 is 1.36 bits per heavy atom. The first kappa shape index (κ1) is 14.2. The first-order chi connectivity index (χ1) is 10.5. The minimum atomic E-state index is -1.36. The van der Waals surface area contributed by atoms with Gasteiger partial charge in [0.25, 0.3) is 0 Å². The molecule has 1 fully saturated rings. The minimum absolute atomic E-state index is 0.0414. The molecule has 1 aromatic carbocycles. The first-order valence-electron chi connectivity index (χ1n) is 6.52. The van der Waals surface area contributed by atoms with Crippen LogP contribution in [0.1, 0.15) is 6.42 Å². The van der Waals surface area contributed by atoms with E-state index in [2.05, 4.69) is 15.3 Å². The molecule has 2 heterocycles. The van der Waals surface area contributed by atoms with Crippen molar-refractivity contribution in [1.82, 2.24) is 5.43 Å². The zero-order valence-electron chi connectivity index (χ0n) is 11.6. The van der Waals surface area contributed by atoms with Crippen LogP contribution in [0.25, 0.3) is 0 Å². The Balaban J connectivity index is 2.00. The molecule has 2 amide bonds. The summed E-state index contributed by atoms with van der Waals surface area (Å²) in [6.07, 6.45) is -0.190. The quantitative estimate of drug-likeness (QED) is 0.623. The van der Waals surface area contributed by atoms with Crippen molar-refractivity contribution >= 4 is 29.2 Å². The predicted octanol–water partition coefficient (Wildman–Crippen LogP) is 0.208. The number of hydrogen-bond acceptors (Lipinski definition) is 6. The number of carbonyl (C=O) groups is 3. The summed E-state index contributed by atoms with van der Waals surface area (Å²) in [5, 5.41) is 3.80. The van der Waals surface area contributed by atoms with Crippen molar-refractivity contribution in [2.45, 2.75) is 6.42 Å². The molecule has 8 heteroatoms. The van der Waals surface area contributed by atoms with E-state index in [0.29, 0.717) is 0 Å². The van der Waals surface area contributed by atoms with E-state index >= 15 is 0 Å². The molecule has 0 saturated carbocycles. The third-order valence-electron chi connectivity index (χ3n) is 3.80. The van der Waals surface area contributed by atoms with E-state index < -0.39 is 29.0 Å². The third kappa shape index (κ3) is 1.87. The molecular weight excluding hydrogens is 293 g/mol. The van der Waals surface area contributed by atoms with E-state index in [1.54, 1.807) is 0 Å². The second kappa shape index (κ2) is 4.90. The second-order valence-corrected chi connectivity index (χ2v) is 5.06. The maximum atomic E-state index is 13.0. The fourth-order valence-electron chi connectivity index (χ4n) is 2.70. The van der Waals surface area contributed by atoms with Crippen LogP contribution in [0, 0.1) is 11.2 Å². The molecule has 1 atom stereocenters. The zero-order chi connectivity index (χ0) is 15.9. The predicted molar refractivity (Wildman–Crippen MR) is 73.4 cm³/mol. The van der Waals surface area contributed by atoms with Crippen LogP contribution in [0.15, 0.2) is 29.4 Å². The smallest absolute Gasteiger partial charge is 0.355 e. The van der Waals surface area contributed by atoms with Crippen LogP contribution in [0.2, 0.25) is 0 Å². The maximum Gasteiger partial charge on any atom is 0.355 e. The lowest BCUT2D eigenvalue weighted by atomic mass is 9.81. The Labute approximate surface area is 124 Å². The van der Waals surface area contributed by atoms with Gasteiger partial charge in [0.2, 0.25) is 11.8 Å². The number of hydrazone groups is 1. The van der Waals surface area contributed by atoms with Crippen LogP contribution >= 0.6 is 0 Å². The number of hydrogen-bond donors (Lipinski definition) is 1. The molecule has 1 saturated heterocycles. The van der Waals surface area contributed by atoms with Gasteiger partial charge in [0.15, 0.2) is 5.71 Å². The average Bonchev–Trinajstić information content (AvgIpc) is 3.03. The Kier molecular flexibility index (Phi) is 3.16. The maximum absolute atomic E-state index is 13.0. The molecular formula is C14H12FN3O4. The lowest BCUT2D eigenvalue weighted by Crippen LogP contribution is -2.45. The Morgan fingerprint density at radius 3 is 2.68 bits per heavy atom. The number of imide groups is 1. The number of ether oxygens (including phenoxy) is 1. The van der Waals surface area contributed by atoms with Crippen molar-refractivity contribution in [2.75, 3.05) is 18.6 Å². The standard InChI is InChI=1S/C14H12FN3O4/c1-22-12(20)11-14(7-16-17-11)6-10(19)18(13(14)21)9-4-2-8(15)3-5-9/h2-5,16H,6-7H2,1H3/t14-/m1/s1. The SMILES string of the molecule is COC(=O)C1=NNC[C@]12CC(=O)N(c1ccc(F)cc1)C2=O. The summed E-state index contributed by atoms with van der Waals surface area (Å²) in [7, 11) is 1.18. The number of benzene rings is 1. The van der Waals surface area contributed by atoms with Crippen molar-refractivity contribution in [3.63, 3.8) is 0 Å². The van der Waals surface area contributed by atoms with Gasteiger partial charge in [-0.05, 0) is 24.3 Å². The van der Waals surface area contributed by atoms with E-state index in [1.165, 1.54) is 19.2 Å². The van der Waals surface area contributed by atoms with Gasteiger partial charge in [0, 0.05) is 6.42 Å². The van der Waals surface area contributed by atoms with Crippen LogP contribution in [0.4, 0.5) is 10.1 Å². The first-order valence-corrected chi connectivity index (χ1v) is 6.52. The van der Waals surface area contributed by atoms with Crippen molar-refractivity contribution in [1.29, 1.82) is 0 Å².